The van der Waals surface area contributed by atoms with E-state index < -0.39 is 17.6 Å². The van der Waals surface area contributed by atoms with Crippen LogP contribution in [0.4, 0.5) is 4.39 Å². The van der Waals surface area contributed by atoms with Crippen LogP contribution in [0.25, 0.3) is 10.9 Å². The van der Waals surface area contributed by atoms with Crippen LogP contribution in [0.3, 0.4) is 0 Å². The van der Waals surface area contributed by atoms with E-state index in [1.54, 1.807) is 24.1 Å². The van der Waals surface area contributed by atoms with Gasteiger partial charge in [0.1, 0.15) is 17.6 Å². The number of halogens is 1. The monoisotopic (exact) mass is 331 g/mol. The summed E-state index contributed by atoms with van der Waals surface area (Å²) in [6.45, 7) is 2.62. The van der Waals surface area contributed by atoms with Crippen molar-refractivity contribution in [1.82, 2.24) is 15.2 Å². The maximum atomic E-state index is 13.8. The number of hydrogen-bond donors (Lipinski definition) is 2. The van der Waals surface area contributed by atoms with Crippen LogP contribution < -0.4 is 5.32 Å². The molecule has 2 aliphatic heterocycles. The van der Waals surface area contributed by atoms with Gasteiger partial charge in [-0.3, -0.25) is 9.59 Å². The minimum absolute atomic E-state index is 0.118. The molecule has 2 amide bonds. The number of likely N-dealkylation sites (tertiary alicyclic amines) is 1. The molecular weight excluding hydrogens is 313 g/mol. The fourth-order valence-electron chi connectivity index (χ4n) is 3.54. The Morgan fingerprint density at radius 1 is 1.38 bits per heavy atom. The number of nitrogens with zero attached hydrogens (tertiary/aromatic N) is 1. The van der Waals surface area contributed by atoms with Crippen LogP contribution in [0, 0.1) is 5.82 Å². The Hall–Kier alpha value is -2.41. The Labute approximate surface area is 138 Å². The van der Waals surface area contributed by atoms with E-state index in [0.717, 1.165) is 0 Å². The van der Waals surface area contributed by atoms with E-state index in [4.69, 9.17) is 4.74 Å². The summed E-state index contributed by atoms with van der Waals surface area (Å²) < 4.78 is 19.5. The van der Waals surface area contributed by atoms with Crippen LogP contribution in [0.5, 0.6) is 0 Å². The van der Waals surface area contributed by atoms with Gasteiger partial charge in [-0.1, -0.05) is 0 Å². The first-order valence-corrected chi connectivity index (χ1v) is 8.03. The zero-order chi connectivity index (χ0) is 16.9. The smallest absolute Gasteiger partial charge is 0.256 e. The highest BCUT2D eigenvalue weighted by atomic mass is 19.1. The third kappa shape index (κ3) is 2.36. The molecule has 1 aromatic heterocycles. The quantitative estimate of drug-likeness (QED) is 0.836. The van der Waals surface area contributed by atoms with Crippen molar-refractivity contribution in [3.63, 3.8) is 0 Å². The first-order valence-electron chi connectivity index (χ1n) is 8.03. The molecule has 3 heterocycles. The van der Waals surface area contributed by atoms with Gasteiger partial charge in [0.25, 0.3) is 11.8 Å². The Morgan fingerprint density at radius 2 is 2.12 bits per heavy atom. The van der Waals surface area contributed by atoms with E-state index in [0.29, 0.717) is 42.4 Å². The summed E-state index contributed by atoms with van der Waals surface area (Å²) in [5.74, 6) is -0.763. The molecule has 2 N–H and O–H groups in total. The Bertz CT molecular complexity index is 824. The lowest BCUT2D eigenvalue weighted by molar-refractivity contribution is -0.123. The van der Waals surface area contributed by atoms with E-state index >= 15 is 0 Å². The summed E-state index contributed by atoms with van der Waals surface area (Å²) >= 11 is 0. The predicted octanol–water partition coefficient (Wildman–Crippen LogP) is 1.77. The molecule has 2 aromatic rings. The number of fused-ring (bicyclic) bond motifs is 1. The number of aromatic nitrogens is 1. The molecule has 1 unspecified atom stereocenters. The van der Waals surface area contributed by atoms with E-state index in [2.05, 4.69) is 10.3 Å². The molecule has 0 saturated carbocycles. The van der Waals surface area contributed by atoms with Gasteiger partial charge in [0, 0.05) is 37.5 Å². The number of carbonyl (C=O) groups is 2. The summed E-state index contributed by atoms with van der Waals surface area (Å²) in [5, 5.41) is 3.56. The number of piperidine rings is 1. The number of amides is 2. The third-order valence-electron chi connectivity index (χ3n) is 4.84. The van der Waals surface area contributed by atoms with Crippen LogP contribution in [0.1, 0.15) is 30.1 Å². The van der Waals surface area contributed by atoms with Gasteiger partial charge in [0.2, 0.25) is 0 Å². The molecule has 7 heteroatoms. The molecule has 2 saturated heterocycles. The van der Waals surface area contributed by atoms with Gasteiger partial charge in [-0.05, 0) is 25.1 Å². The van der Waals surface area contributed by atoms with Gasteiger partial charge < -0.3 is 19.9 Å². The molecule has 1 spiro atoms. The fourth-order valence-corrected chi connectivity index (χ4v) is 3.54. The van der Waals surface area contributed by atoms with Gasteiger partial charge in [-0.25, -0.2) is 4.39 Å². The molecule has 1 atom stereocenters. The van der Waals surface area contributed by atoms with Crippen LogP contribution in [-0.4, -0.2) is 46.6 Å². The zero-order valence-corrected chi connectivity index (χ0v) is 13.3. The molecular formula is C17H18FN3O3. The summed E-state index contributed by atoms with van der Waals surface area (Å²) in [7, 11) is 0. The van der Waals surface area contributed by atoms with Crippen molar-refractivity contribution in [2.75, 3.05) is 13.1 Å². The maximum Gasteiger partial charge on any atom is 0.256 e. The Morgan fingerprint density at radius 3 is 2.79 bits per heavy atom. The van der Waals surface area contributed by atoms with Crippen LogP contribution in [0.15, 0.2) is 24.4 Å². The van der Waals surface area contributed by atoms with Crippen molar-refractivity contribution in [3.05, 3.63) is 35.8 Å². The van der Waals surface area contributed by atoms with Crippen LogP contribution >= 0.6 is 0 Å². The summed E-state index contributed by atoms with van der Waals surface area (Å²) in [6.07, 6.45) is 2.28. The Balaban J connectivity index is 1.54. The van der Waals surface area contributed by atoms with Crippen molar-refractivity contribution in [2.45, 2.75) is 31.6 Å². The lowest BCUT2D eigenvalue weighted by Crippen LogP contribution is -2.53. The zero-order valence-electron chi connectivity index (χ0n) is 13.3. The van der Waals surface area contributed by atoms with Crippen LogP contribution in [-0.2, 0) is 9.53 Å². The van der Waals surface area contributed by atoms with Crippen molar-refractivity contribution < 1.29 is 18.7 Å². The van der Waals surface area contributed by atoms with Crippen LogP contribution in [0.2, 0.25) is 0 Å². The van der Waals surface area contributed by atoms with Gasteiger partial charge >= 0.3 is 0 Å². The van der Waals surface area contributed by atoms with Gasteiger partial charge in [-0.2, -0.15) is 0 Å². The third-order valence-corrected chi connectivity index (χ3v) is 4.84. The fraction of sp³-hybridized carbons (Fsp3) is 0.412. The first kappa shape index (κ1) is 15.1. The molecule has 1 aromatic carbocycles. The highest BCUT2D eigenvalue weighted by Gasteiger charge is 2.45. The highest BCUT2D eigenvalue weighted by Crippen LogP contribution is 2.31. The number of hydrogen-bond acceptors (Lipinski definition) is 3. The van der Waals surface area contributed by atoms with E-state index in [9.17, 15) is 14.0 Å². The molecule has 2 aliphatic rings. The lowest BCUT2D eigenvalue weighted by Gasteiger charge is -2.38. The maximum absolute atomic E-state index is 13.8. The van der Waals surface area contributed by atoms with Crippen molar-refractivity contribution >= 4 is 22.7 Å². The van der Waals surface area contributed by atoms with E-state index in [1.165, 1.54) is 12.1 Å². The number of rotatable bonds is 1. The minimum atomic E-state index is -0.670. The second kappa shape index (κ2) is 5.31. The van der Waals surface area contributed by atoms with Crippen molar-refractivity contribution in [1.29, 1.82) is 0 Å². The normalized spacial score (nSPS) is 23.0. The van der Waals surface area contributed by atoms with E-state index in [1.807, 2.05) is 0 Å². The largest absolute Gasteiger partial charge is 0.361 e. The number of carbonyl (C=O) groups excluding carboxylic acids is 2. The molecule has 0 radical (unpaired) electrons. The second-order valence-corrected chi connectivity index (χ2v) is 6.43. The average Bonchev–Trinajstić information content (AvgIpc) is 3.11. The summed E-state index contributed by atoms with van der Waals surface area (Å²) in [6, 6.07) is 4.40. The number of nitrogens with one attached hydrogen (secondary N) is 2. The molecule has 24 heavy (non-hydrogen) atoms. The topological polar surface area (TPSA) is 74.4 Å². The number of ether oxygens (including phenoxy) is 1. The molecule has 6 nitrogen and oxygen atoms in total. The number of H-pyrrole nitrogens is 1. The summed E-state index contributed by atoms with van der Waals surface area (Å²) in [4.78, 5) is 29.2. The second-order valence-electron chi connectivity index (χ2n) is 6.43. The summed E-state index contributed by atoms with van der Waals surface area (Å²) in [5.41, 5.74) is 0.299. The average molecular weight is 331 g/mol. The van der Waals surface area contributed by atoms with E-state index in [-0.39, 0.29) is 11.8 Å². The molecule has 2 fully saturated rings. The highest BCUT2D eigenvalue weighted by molar-refractivity contribution is 6.05. The SMILES string of the molecule is CC1OC2(CCN(C(=O)c3cc(F)cc4cc[nH]c34)CC2)NC1=O. The number of aromatic amines is 1. The minimum Gasteiger partial charge on any atom is -0.361 e. The lowest BCUT2D eigenvalue weighted by atomic mass is 9.99. The van der Waals surface area contributed by atoms with Crippen molar-refractivity contribution in [2.24, 2.45) is 0 Å². The Kier molecular flexibility index (Phi) is 3.35. The molecule has 0 bridgehead atoms. The standard InChI is InChI=1S/C17H18FN3O3/c1-10-15(22)20-17(24-10)3-6-21(7-4-17)16(23)13-9-12(18)8-11-2-5-19-14(11)13/h2,5,8-10,19H,3-4,6-7H2,1H3,(H,20,22). The number of benzene rings is 1. The molecule has 126 valence electrons. The first-order chi connectivity index (χ1) is 11.5. The van der Waals surface area contributed by atoms with Gasteiger partial charge in [0.15, 0.2) is 0 Å². The van der Waals surface area contributed by atoms with Crippen molar-refractivity contribution in [3.8, 4) is 0 Å². The van der Waals surface area contributed by atoms with Gasteiger partial charge in [-0.15, -0.1) is 0 Å². The predicted molar refractivity (Wildman–Crippen MR) is 84.8 cm³/mol. The molecule has 0 aliphatic carbocycles. The molecule has 4 rings (SSSR count). The van der Waals surface area contributed by atoms with Gasteiger partial charge in [0.05, 0.1) is 11.1 Å².